The van der Waals surface area contributed by atoms with E-state index in [4.69, 9.17) is 16.3 Å². The smallest absolute Gasteiger partial charge is 0.250 e. The summed E-state index contributed by atoms with van der Waals surface area (Å²) in [6.45, 7) is 2.60. The van der Waals surface area contributed by atoms with Crippen molar-refractivity contribution >= 4 is 23.3 Å². The van der Waals surface area contributed by atoms with E-state index in [1.54, 1.807) is 0 Å². The van der Waals surface area contributed by atoms with E-state index in [1.807, 2.05) is 0 Å². The quantitative estimate of drug-likeness (QED) is 0.877. The molecule has 0 aliphatic carbocycles. The molecule has 0 saturated heterocycles. The first-order valence-corrected chi connectivity index (χ1v) is 6.03. The van der Waals surface area contributed by atoms with Crippen LogP contribution < -0.4 is 5.32 Å². The zero-order chi connectivity index (χ0) is 15.1. The van der Waals surface area contributed by atoms with Crippen LogP contribution in [0.25, 0.3) is 0 Å². The average Bonchev–Trinajstić information content (AvgIpc) is 2.58. The van der Waals surface area contributed by atoms with E-state index in [2.05, 4.69) is 5.32 Å². The second kappa shape index (κ2) is 4.79. The van der Waals surface area contributed by atoms with Crippen LogP contribution in [0.3, 0.4) is 0 Å². The monoisotopic (exact) mass is 299 g/mol. The first kappa shape index (κ1) is 14.3. The number of hydrogen-bond donors (Lipinski definition) is 2. The molecule has 1 aliphatic rings. The molecule has 1 aromatic rings. The number of ether oxygens (including phenoxy) is 1. The van der Waals surface area contributed by atoms with Gasteiger partial charge in [0.05, 0.1) is 5.02 Å². The third-order valence-corrected chi connectivity index (χ3v) is 3.22. The van der Waals surface area contributed by atoms with Gasteiger partial charge in [-0.25, -0.2) is 4.39 Å². The third-order valence-electron chi connectivity index (χ3n) is 2.93. The lowest BCUT2D eigenvalue weighted by Gasteiger charge is -2.23. The van der Waals surface area contributed by atoms with Crippen LogP contribution in [0.15, 0.2) is 29.8 Å². The lowest BCUT2D eigenvalue weighted by Crippen LogP contribution is -2.32. The van der Waals surface area contributed by atoms with Gasteiger partial charge in [0, 0.05) is 12.5 Å². The normalized spacial score (nSPS) is 21.9. The van der Waals surface area contributed by atoms with Crippen LogP contribution in [-0.4, -0.2) is 16.8 Å². The summed E-state index contributed by atoms with van der Waals surface area (Å²) in [7, 11) is 0. The molecular formula is C13H11ClFNO4. The maximum Gasteiger partial charge on any atom is 0.250 e. The molecule has 0 radical (unpaired) electrons. The van der Waals surface area contributed by atoms with Gasteiger partial charge in [0.25, 0.3) is 5.78 Å². The maximum atomic E-state index is 13.2. The molecule has 5 nitrogen and oxygen atoms in total. The number of aliphatic hydroxyl groups excluding tert-OH is 1. The zero-order valence-corrected chi connectivity index (χ0v) is 11.4. The largest absolute Gasteiger partial charge is 0.501 e. The van der Waals surface area contributed by atoms with Crippen molar-refractivity contribution in [2.45, 2.75) is 19.4 Å². The van der Waals surface area contributed by atoms with Gasteiger partial charge in [0.2, 0.25) is 17.5 Å². The highest BCUT2D eigenvalue weighted by Crippen LogP contribution is 2.38. The number of carbonyl (C=O) groups is 2. The highest BCUT2D eigenvalue weighted by Gasteiger charge is 2.48. The number of rotatable bonds is 2. The minimum Gasteiger partial charge on any atom is -0.501 e. The van der Waals surface area contributed by atoms with Crippen LogP contribution in [0, 0.1) is 5.82 Å². The molecule has 0 aromatic heterocycles. The van der Waals surface area contributed by atoms with Crippen molar-refractivity contribution in [3.8, 4) is 0 Å². The lowest BCUT2D eigenvalue weighted by molar-refractivity contribution is -0.132. The molecular weight excluding hydrogens is 289 g/mol. The summed E-state index contributed by atoms with van der Waals surface area (Å²) < 4.78 is 18.5. The second-order valence-corrected chi connectivity index (χ2v) is 4.86. The van der Waals surface area contributed by atoms with Gasteiger partial charge in [0.15, 0.2) is 5.60 Å². The first-order valence-electron chi connectivity index (χ1n) is 5.66. The van der Waals surface area contributed by atoms with Crippen LogP contribution in [0.4, 0.5) is 4.39 Å². The summed E-state index contributed by atoms with van der Waals surface area (Å²) >= 11 is 5.67. The second-order valence-electron chi connectivity index (χ2n) is 4.45. The Morgan fingerprint density at radius 2 is 2.15 bits per heavy atom. The highest BCUT2D eigenvalue weighted by molar-refractivity contribution is 6.30. The molecule has 1 amide bonds. The zero-order valence-electron chi connectivity index (χ0n) is 10.7. The Labute approximate surface area is 119 Å². The van der Waals surface area contributed by atoms with Crippen molar-refractivity contribution in [1.82, 2.24) is 5.32 Å². The van der Waals surface area contributed by atoms with Gasteiger partial charge in [0.1, 0.15) is 5.82 Å². The van der Waals surface area contributed by atoms with Crippen molar-refractivity contribution in [2.75, 3.05) is 0 Å². The molecule has 0 spiro atoms. The van der Waals surface area contributed by atoms with Gasteiger partial charge in [-0.3, -0.25) is 14.9 Å². The van der Waals surface area contributed by atoms with Gasteiger partial charge in [-0.15, -0.1) is 0 Å². The van der Waals surface area contributed by atoms with E-state index >= 15 is 0 Å². The highest BCUT2D eigenvalue weighted by atomic mass is 35.5. The van der Waals surface area contributed by atoms with E-state index in [-0.39, 0.29) is 16.5 Å². The summed E-state index contributed by atoms with van der Waals surface area (Å²) in [4.78, 5) is 23.1. The number of halogens is 2. The van der Waals surface area contributed by atoms with Crippen LogP contribution in [0.5, 0.6) is 0 Å². The van der Waals surface area contributed by atoms with Crippen LogP contribution in [-0.2, 0) is 19.9 Å². The first-order chi connectivity index (χ1) is 9.25. The predicted molar refractivity (Wildman–Crippen MR) is 68.3 cm³/mol. The van der Waals surface area contributed by atoms with Crippen molar-refractivity contribution in [3.05, 3.63) is 46.2 Å². The molecule has 1 unspecified atom stereocenters. The summed E-state index contributed by atoms with van der Waals surface area (Å²) in [6, 6.07) is 3.65. The standard InChI is InChI=1S/C13H11ClFNO4/c1-6(17)16-12-10(18)11(19)13(2,20-12)7-3-4-9(15)8(14)5-7/h3-5,18H,1-2H3,(H,16,17). The number of carbonyl (C=O) groups excluding carboxylic acids is 2. The SMILES string of the molecule is CC(=O)NC1=C(O)C(=O)C(C)(c2ccc(F)c(Cl)c2)O1. The van der Waals surface area contributed by atoms with Crippen molar-refractivity contribution < 1.29 is 23.8 Å². The fourth-order valence-electron chi connectivity index (χ4n) is 1.86. The van der Waals surface area contributed by atoms with Gasteiger partial charge >= 0.3 is 0 Å². The minimum atomic E-state index is -1.57. The lowest BCUT2D eigenvalue weighted by atomic mass is 9.91. The van der Waals surface area contributed by atoms with Crippen LogP contribution >= 0.6 is 11.6 Å². The number of Topliss-reactive ketones (excluding diaryl/α,β-unsaturated/α-hetero) is 1. The summed E-state index contributed by atoms with van der Waals surface area (Å²) in [5.74, 6) is -2.90. The van der Waals surface area contributed by atoms with Crippen molar-refractivity contribution in [1.29, 1.82) is 0 Å². The molecule has 1 atom stereocenters. The van der Waals surface area contributed by atoms with Gasteiger partial charge in [-0.2, -0.15) is 0 Å². The third kappa shape index (κ3) is 2.22. The number of hydrogen-bond acceptors (Lipinski definition) is 4. The molecule has 1 aromatic carbocycles. The topological polar surface area (TPSA) is 75.6 Å². The van der Waals surface area contributed by atoms with E-state index in [9.17, 15) is 19.1 Å². The Morgan fingerprint density at radius 3 is 2.70 bits per heavy atom. The summed E-state index contributed by atoms with van der Waals surface area (Å²) in [6.07, 6.45) is 0. The molecule has 0 bridgehead atoms. The van der Waals surface area contributed by atoms with Crippen LogP contribution in [0.2, 0.25) is 5.02 Å². The molecule has 106 valence electrons. The van der Waals surface area contributed by atoms with Crippen molar-refractivity contribution in [2.24, 2.45) is 0 Å². The Morgan fingerprint density at radius 1 is 1.50 bits per heavy atom. The molecule has 0 saturated carbocycles. The summed E-state index contributed by atoms with van der Waals surface area (Å²) in [5.41, 5.74) is -1.31. The van der Waals surface area contributed by atoms with Crippen molar-refractivity contribution in [3.63, 3.8) is 0 Å². The van der Waals surface area contributed by atoms with E-state index in [1.165, 1.54) is 26.0 Å². The number of ketones is 1. The van der Waals surface area contributed by atoms with Gasteiger partial charge < -0.3 is 9.84 Å². The number of benzene rings is 1. The minimum absolute atomic E-state index is 0.174. The Bertz CT molecular complexity index is 643. The maximum absolute atomic E-state index is 13.2. The molecule has 0 fully saturated rings. The van der Waals surface area contributed by atoms with Gasteiger partial charge in [-0.05, 0) is 19.1 Å². The van der Waals surface area contributed by atoms with Gasteiger partial charge in [-0.1, -0.05) is 17.7 Å². The average molecular weight is 300 g/mol. The molecule has 1 heterocycles. The Kier molecular flexibility index (Phi) is 3.43. The van der Waals surface area contributed by atoms with E-state index < -0.39 is 28.9 Å². The molecule has 20 heavy (non-hydrogen) atoms. The van der Waals surface area contributed by atoms with E-state index in [0.29, 0.717) is 0 Å². The summed E-state index contributed by atoms with van der Waals surface area (Å²) in [5, 5.41) is 11.8. The fourth-order valence-corrected chi connectivity index (χ4v) is 2.04. The fraction of sp³-hybridized carbons (Fsp3) is 0.231. The molecule has 2 N–H and O–H groups in total. The Balaban J connectivity index is 2.40. The molecule has 7 heteroatoms. The number of aliphatic hydroxyl groups is 1. The van der Waals surface area contributed by atoms with E-state index in [0.717, 1.165) is 6.07 Å². The Hall–Kier alpha value is -2.08. The number of nitrogens with one attached hydrogen (secondary N) is 1. The molecule has 2 rings (SSSR count). The number of amides is 1. The van der Waals surface area contributed by atoms with Crippen LogP contribution in [0.1, 0.15) is 19.4 Å². The molecule has 1 aliphatic heterocycles. The predicted octanol–water partition coefficient (Wildman–Crippen LogP) is 2.16.